The van der Waals surface area contributed by atoms with E-state index < -0.39 is 0 Å². The third-order valence-corrected chi connectivity index (χ3v) is 5.89. The molecule has 2 aromatic rings. The average Bonchev–Trinajstić information content (AvgIpc) is 3.23. The van der Waals surface area contributed by atoms with Gasteiger partial charge in [0, 0.05) is 24.7 Å². The van der Waals surface area contributed by atoms with Crippen LogP contribution in [0.2, 0.25) is 0 Å². The van der Waals surface area contributed by atoms with E-state index in [2.05, 4.69) is 21.6 Å². The topological polar surface area (TPSA) is 38.1 Å². The van der Waals surface area contributed by atoms with Crippen molar-refractivity contribution in [3.8, 4) is 11.4 Å². The minimum atomic E-state index is 0.174. The van der Waals surface area contributed by atoms with Crippen LogP contribution in [0.5, 0.6) is 0 Å². The lowest BCUT2D eigenvalue weighted by Crippen LogP contribution is -2.32. The van der Waals surface area contributed by atoms with Gasteiger partial charge in [-0.05, 0) is 38.0 Å². The van der Waals surface area contributed by atoms with Crippen LogP contribution in [0.3, 0.4) is 0 Å². The van der Waals surface area contributed by atoms with Gasteiger partial charge in [0.2, 0.25) is 0 Å². The maximum atomic E-state index is 13.2. The van der Waals surface area contributed by atoms with Crippen LogP contribution < -0.4 is 0 Å². The lowest BCUT2D eigenvalue weighted by atomic mass is 10.1. The predicted molar refractivity (Wildman–Crippen MR) is 92.8 cm³/mol. The van der Waals surface area contributed by atoms with Crippen molar-refractivity contribution in [2.75, 3.05) is 6.54 Å². The zero-order valence-electron chi connectivity index (χ0n) is 13.9. The van der Waals surface area contributed by atoms with Gasteiger partial charge in [-0.2, -0.15) is 0 Å². The van der Waals surface area contributed by atoms with Gasteiger partial charge >= 0.3 is 0 Å². The highest BCUT2D eigenvalue weighted by atomic mass is 16.2. The third kappa shape index (κ3) is 2.20. The highest BCUT2D eigenvalue weighted by molar-refractivity contribution is 5.95. The molecule has 0 bridgehead atoms. The van der Waals surface area contributed by atoms with Crippen LogP contribution in [-0.4, -0.2) is 32.9 Å². The number of rotatable bonds is 2. The Labute approximate surface area is 142 Å². The van der Waals surface area contributed by atoms with Gasteiger partial charge in [0.1, 0.15) is 11.5 Å². The first-order valence-corrected chi connectivity index (χ1v) is 9.29. The van der Waals surface area contributed by atoms with E-state index in [0.717, 1.165) is 48.9 Å². The Hall–Kier alpha value is -2.10. The van der Waals surface area contributed by atoms with Crippen molar-refractivity contribution >= 4 is 5.91 Å². The van der Waals surface area contributed by atoms with Gasteiger partial charge < -0.3 is 9.47 Å². The first kappa shape index (κ1) is 14.3. The maximum Gasteiger partial charge on any atom is 0.274 e. The number of aromatic nitrogens is 2. The lowest BCUT2D eigenvalue weighted by molar-refractivity contribution is 0.0762. The fraction of sp³-hybridized carbons (Fsp3) is 0.500. The van der Waals surface area contributed by atoms with Crippen molar-refractivity contribution < 1.29 is 4.79 Å². The lowest BCUT2D eigenvalue weighted by Gasteiger charge is -2.17. The minimum absolute atomic E-state index is 0.174. The number of hydrogen-bond acceptors (Lipinski definition) is 2. The predicted octanol–water partition coefficient (Wildman–Crippen LogP) is 3.51. The van der Waals surface area contributed by atoms with Crippen LogP contribution >= 0.6 is 0 Å². The van der Waals surface area contributed by atoms with E-state index in [0.29, 0.717) is 6.04 Å². The second kappa shape index (κ2) is 5.47. The first-order chi connectivity index (χ1) is 11.8. The Morgan fingerprint density at radius 2 is 1.96 bits per heavy atom. The van der Waals surface area contributed by atoms with Gasteiger partial charge in [0.05, 0.1) is 5.69 Å². The number of benzene rings is 1. The second-order valence-electron chi connectivity index (χ2n) is 7.41. The summed E-state index contributed by atoms with van der Waals surface area (Å²) in [4.78, 5) is 20.1. The first-order valence-electron chi connectivity index (χ1n) is 9.29. The quantitative estimate of drug-likeness (QED) is 0.849. The normalized spacial score (nSPS) is 25.1. The molecule has 4 heteroatoms. The summed E-state index contributed by atoms with van der Waals surface area (Å²) >= 11 is 0. The van der Waals surface area contributed by atoms with Gasteiger partial charge in [-0.1, -0.05) is 36.8 Å². The summed E-state index contributed by atoms with van der Waals surface area (Å²) in [6.07, 6.45) is 6.92. The molecule has 124 valence electrons. The molecule has 2 atom stereocenters. The van der Waals surface area contributed by atoms with Crippen LogP contribution in [-0.2, 0) is 13.0 Å². The summed E-state index contributed by atoms with van der Waals surface area (Å²) in [5.41, 5.74) is 3.01. The smallest absolute Gasteiger partial charge is 0.274 e. The maximum absolute atomic E-state index is 13.2. The minimum Gasteiger partial charge on any atom is -0.334 e. The molecule has 24 heavy (non-hydrogen) atoms. The zero-order valence-corrected chi connectivity index (χ0v) is 13.9. The molecule has 3 aliphatic rings. The molecular formula is C20H23N3O. The molecular weight excluding hydrogens is 298 g/mol. The van der Waals surface area contributed by atoms with Crippen LogP contribution in [0.15, 0.2) is 30.3 Å². The highest BCUT2D eigenvalue weighted by Crippen LogP contribution is 2.45. The largest absolute Gasteiger partial charge is 0.334 e. The highest BCUT2D eigenvalue weighted by Gasteiger charge is 2.49. The van der Waals surface area contributed by atoms with Gasteiger partial charge in [-0.3, -0.25) is 4.79 Å². The van der Waals surface area contributed by atoms with Crippen molar-refractivity contribution in [2.24, 2.45) is 5.92 Å². The zero-order chi connectivity index (χ0) is 16.1. The summed E-state index contributed by atoms with van der Waals surface area (Å²) in [7, 11) is 0. The molecule has 0 radical (unpaired) electrons. The molecule has 1 saturated heterocycles. The van der Waals surface area contributed by atoms with E-state index in [-0.39, 0.29) is 5.91 Å². The van der Waals surface area contributed by atoms with Crippen molar-refractivity contribution in [3.63, 3.8) is 0 Å². The van der Waals surface area contributed by atoms with E-state index in [1.807, 2.05) is 18.2 Å². The van der Waals surface area contributed by atoms with Crippen LogP contribution in [0.25, 0.3) is 11.4 Å². The number of nitrogens with zero attached hydrogens (tertiary/aromatic N) is 3. The molecule has 1 aromatic carbocycles. The van der Waals surface area contributed by atoms with Crippen molar-refractivity contribution in [2.45, 2.75) is 51.1 Å². The van der Waals surface area contributed by atoms with Crippen molar-refractivity contribution in [1.29, 1.82) is 0 Å². The SMILES string of the molecule is O=C(c1nc(-c2ccccc2)n2c1CCCCC2)N1CCC2CC21. The monoisotopic (exact) mass is 321 g/mol. The molecule has 5 rings (SSSR count). The molecule has 1 aromatic heterocycles. The molecule has 4 nitrogen and oxygen atoms in total. The van der Waals surface area contributed by atoms with E-state index in [1.54, 1.807) is 0 Å². The number of imidazole rings is 1. The third-order valence-electron chi connectivity index (χ3n) is 5.89. The molecule has 0 spiro atoms. The fourth-order valence-electron chi connectivity index (χ4n) is 4.48. The van der Waals surface area contributed by atoms with Crippen LogP contribution in [0.1, 0.15) is 48.3 Å². The van der Waals surface area contributed by atoms with Crippen molar-refractivity contribution in [1.82, 2.24) is 14.5 Å². The Morgan fingerprint density at radius 3 is 2.71 bits per heavy atom. The number of fused-ring (bicyclic) bond motifs is 2. The standard InChI is InChI=1S/C20H23N3O/c24-20(23-12-10-15-13-17(15)23)18-16-9-5-2-6-11-22(16)19(21-18)14-7-3-1-4-8-14/h1,3-4,7-8,15,17H,2,5-6,9-13H2. The second-order valence-corrected chi connectivity index (χ2v) is 7.41. The van der Waals surface area contributed by atoms with Gasteiger partial charge in [0.15, 0.2) is 0 Å². The van der Waals surface area contributed by atoms with Gasteiger partial charge in [-0.25, -0.2) is 4.98 Å². The number of amides is 1. The van der Waals surface area contributed by atoms with Crippen molar-refractivity contribution in [3.05, 3.63) is 41.7 Å². The number of piperidine rings is 1. The Bertz CT molecular complexity index is 780. The number of carbonyl (C=O) groups excluding carboxylic acids is 1. The molecule has 0 N–H and O–H groups in total. The Balaban J connectivity index is 1.59. The molecule has 2 aliphatic heterocycles. The van der Waals surface area contributed by atoms with Gasteiger partial charge in [-0.15, -0.1) is 0 Å². The van der Waals surface area contributed by atoms with E-state index >= 15 is 0 Å². The Morgan fingerprint density at radius 1 is 1.08 bits per heavy atom. The number of hydrogen-bond donors (Lipinski definition) is 0. The summed E-state index contributed by atoms with van der Waals surface area (Å²) in [6, 6.07) is 10.8. The molecule has 2 fully saturated rings. The number of likely N-dealkylation sites (tertiary alicyclic amines) is 1. The van der Waals surface area contributed by atoms with Crippen LogP contribution in [0, 0.1) is 5.92 Å². The number of carbonyl (C=O) groups is 1. The summed E-state index contributed by atoms with van der Waals surface area (Å²) in [6.45, 7) is 1.90. The van der Waals surface area contributed by atoms with E-state index in [1.165, 1.54) is 31.4 Å². The average molecular weight is 321 g/mol. The summed E-state index contributed by atoms with van der Waals surface area (Å²) in [5.74, 6) is 1.92. The summed E-state index contributed by atoms with van der Waals surface area (Å²) < 4.78 is 2.32. The van der Waals surface area contributed by atoms with Gasteiger partial charge in [0.25, 0.3) is 5.91 Å². The summed E-state index contributed by atoms with van der Waals surface area (Å²) in [5, 5.41) is 0. The van der Waals surface area contributed by atoms with E-state index in [4.69, 9.17) is 4.98 Å². The molecule has 2 unspecified atom stereocenters. The van der Waals surface area contributed by atoms with E-state index in [9.17, 15) is 4.79 Å². The molecule has 3 heterocycles. The fourth-order valence-corrected chi connectivity index (χ4v) is 4.48. The molecule has 1 saturated carbocycles. The Kier molecular flexibility index (Phi) is 3.25. The van der Waals surface area contributed by atoms with Crippen LogP contribution in [0.4, 0.5) is 0 Å². The molecule has 1 aliphatic carbocycles. The molecule has 1 amide bonds.